The molecule has 22 heavy (non-hydrogen) atoms. The molecule has 1 aliphatic carbocycles. The maximum atomic E-state index is 12.5. The van der Waals surface area contributed by atoms with Crippen LogP contribution in [0.15, 0.2) is 29.2 Å². The van der Waals surface area contributed by atoms with E-state index in [1.165, 1.54) is 11.8 Å². The second kappa shape index (κ2) is 7.65. The largest absolute Gasteiger partial charge is 0.480 e. The molecule has 1 saturated carbocycles. The number of aliphatic carboxylic acids is 1. The lowest BCUT2D eigenvalue weighted by atomic mass is 10.1. The Morgan fingerprint density at radius 1 is 1.41 bits per heavy atom. The van der Waals surface area contributed by atoms with Crippen LogP contribution >= 0.6 is 11.8 Å². The van der Waals surface area contributed by atoms with Crippen molar-refractivity contribution in [3.8, 4) is 0 Å². The van der Waals surface area contributed by atoms with Gasteiger partial charge in [0.15, 0.2) is 0 Å². The van der Waals surface area contributed by atoms with E-state index in [2.05, 4.69) is 5.32 Å². The van der Waals surface area contributed by atoms with E-state index in [1.807, 2.05) is 0 Å². The third kappa shape index (κ3) is 4.48. The summed E-state index contributed by atoms with van der Waals surface area (Å²) in [6, 6.07) is 7.12. The standard InChI is InChI=1S/C16H21NO4S/c1-10(16(19)20)22-14-6-4-3-5-12(14)15(18)17-13(9-21-2)11-7-8-11/h3-6,10-11,13H,7-9H2,1-2H3,(H,17,18)(H,19,20). The van der Waals surface area contributed by atoms with Gasteiger partial charge in [-0.1, -0.05) is 12.1 Å². The van der Waals surface area contributed by atoms with E-state index in [4.69, 9.17) is 9.84 Å². The smallest absolute Gasteiger partial charge is 0.316 e. The Hall–Kier alpha value is -1.53. The lowest BCUT2D eigenvalue weighted by molar-refractivity contribution is -0.136. The molecule has 0 bridgehead atoms. The number of benzene rings is 1. The molecule has 5 nitrogen and oxygen atoms in total. The van der Waals surface area contributed by atoms with E-state index in [0.717, 1.165) is 12.8 Å². The Kier molecular flexibility index (Phi) is 5.85. The minimum atomic E-state index is -0.893. The first-order valence-corrected chi connectivity index (χ1v) is 8.19. The summed E-state index contributed by atoms with van der Waals surface area (Å²) >= 11 is 1.18. The van der Waals surface area contributed by atoms with Crippen LogP contribution in [0.1, 0.15) is 30.1 Å². The summed E-state index contributed by atoms with van der Waals surface area (Å²) in [5.41, 5.74) is 0.516. The van der Waals surface area contributed by atoms with Gasteiger partial charge in [-0.15, -0.1) is 11.8 Å². The molecule has 0 saturated heterocycles. The molecule has 0 heterocycles. The van der Waals surface area contributed by atoms with Crippen LogP contribution in [-0.4, -0.2) is 42.0 Å². The topological polar surface area (TPSA) is 75.6 Å². The maximum absolute atomic E-state index is 12.5. The predicted molar refractivity (Wildman–Crippen MR) is 85.3 cm³/mol. The van der Waals surface area contributed by atoms with Gasteiger partial charge in [0.2, 0.25) is 0 Å². The molecule has 1 amide bonds. The normalized spacial score (nSPS) is 16.8. The molecule has 1 aliphatic rings. The molecule has 1 aromatic carbocycles. The number of thioether (sulfide) groups is 1. The van der Waals surface area contributed by atoms with Gasteiger partial charge < -0.3 is 15.2 Å². The number of carbonyl (C=O) groups excluding carboxylic acids is 1. The van der Waals surface area contributed by atoms with Gasteiger partial charge in [-0.2, -0.15) is 0 Å². The summed E-state index contributed by atoms with van der Waals surface area (Å²) in [6.45, 7) is 2.11. The van der Waals surface area contributed by atoms with E-state index in [9.17, 15) is 9.59 Å². The number of carboxylic acid groups (broad SMARTS) is 1. The Morgan fingerprint density at radius 2 is 2.09 bits per heavy atom. The van der Waals surface area contributed by atoms with E-state index in [-0.39, 0.29) is 11.9 Å². The molecule has 2 atom stereocenters. The molecule has 1 aromatic rings. The predicted octanol–water partition coefficient (Wildman–Crippen LogP) is 2.41. The minimum Gasteiger partial charge on any atom is -0.480 e. The van der Waals surface area contributed by atoms with Crippen molar-refractivity contribution < 1.29 is 19.4 Å². The highest BCUT2D eigenvalue weighted by atomic mass is 32.2. The maximum Gasteiger partial charge on any atom is 0.316 e. The number of carbonyl (C=O) groups is 2. The van der Waals surface area contributed by atoms with Gasteiger partial charge in [-0.05, 0) is 37.8 Å². The van der Waals surface area contributed by atoms with Crippen LogP contribution in [0.25, 0.3) is 0 Å². The molecule has 0 radical (unpaired) electrons. The first-order chi connectivity index (χ1) is 10.5. The number of hydrogen-bond acceptors (Lipinski definition) is 4. The molecule has 6 heteroatoms. The summed E-state index contributed by atoms with van der Waals surface area (Å²) < 4.78 is 5.17. The first kappa shape index (κ1) is 16.8. The lowest BCUT2D eigenvalue weighted by Crippen LogP contribution is -2.39. The number of methoxy groups -OCH3 is 1. The molecule has 2 unspecified atom stereocenters. The van der Waals surface area contributed by atoms with Crippen molar-refractivity contribution >= 4 is 23.6 Å². The second-order valence-corrected chi connectivity index (χ2v) is 6.85. The number of carboxylic acids is 1. The van der Waals surface area contributed by atoms with E-state index in [1.54, 1.807) is 38.3 Å². The van der Waals surface area contributed by atoms with E-state index >= 15 is 0 Å². The van der Waals surface area contributed by atoms with Gasteiger partial charge in [0.25, 0.3) is 5.91 Å². The highest BCUT2D eigenvalue weighted by Gasteiger charge is 2.32. The van der Waals surface area contributed by atoms with Crippen molar-refractivity contribution in [1.29, 1.82) is 0 Å². The molecule has 1 fully saturated rings. The average Bonchev–Trinajstić information content (AvgIpc) is 3.31. The van der Waals surface area contributed by atoms with Gasteiger partial charge in [-0.3, -0.25) is 9.59 Å². The van der Waals surface area contributed by atoms with Crippen molar-refractivity contribution in [3.05, 3.63) is 29.8 Å². The number of rotatable bonds is 8. The molecule has 2 rings (SSSR count). The van der Waals surface area contributed by atoms with Gasteiger partial charge in [0, 0.05) is 12.0 Å². The van der Waals surface area contributed by atoms with Crippen LogP contribution in [0.3, 0.4) is 0 Å². The summed E-state index contributed by atoms with van der Waals surface area (Å²) in [5, 5.41) is 11.4. The van der Waals surface area contributed by atoms with Gasteiger partial charge in [0.1, 0.15) is 5.25 Å². The Morgan fingerprint density at radius 3 is 2.68 bits per heavy atom. The number of ether oxygens (including phenoxy) is 1. The van der Waals surface area contributed by atoms with Crippen molar-refractivity contribution in [2.45, 2.75) is 36.0 Å². The molecule has 0 aliphatic heterocycles. The summed E-state index contributed by atoms with van der Waals surface area (Å²) in [7, 11) is 1.62. The summed E-state index contributed by atoms with van der Waals surface area (Å²) in [4.78, 5) is 24.2. The zero-order valence-electron chi connectivity index (χ0n) is 12.7. The van der Waals surface area contributed by atoms with Crippen LogP contribution in [0, 0.1) is 5.92 Å². The lowest BCUT2D eigenvalue weighted by Gasteiger charge is -2.18. The minimum absolute atomic E-state index is 0.0208. The Labute approximate surface area is 134 Å². The SMILES string of the molecule is COCC(NC(=O)c1ccccc1SC(C)C(=O)O)C1CC1. The average molecular weight is 323 g/mol. The fourth-order valence-electron chi connectivity index (χ4n) is 2.22. The van der Waals surface area contributed by atoms with Gasteiger partial charge in [0.05, 0.1) is 18.2 Å². The van der Waals surface area contributed by atoms with Gasteiger partial charge >= 0.3 is 5.97 Å². The molecule has 0 spiro atoms. The van der Waals surface area contributed by atoms with Crippen LogP contribution < -0.4 is 5.32 Å². The zero-order valence-corrected chi connectivity index (χ0v) is 13.6. The van der Waals surface area contributed by atoms with E-state index in [0.29, 0.717) is 23.0 Å². The highest BCUT2D eigenvalue weighted by Crippen LogP contribution is 2.33. The fraction of sp³-hybridized carbons (Fsp3) is 0.500. The first-order valence-electron chi connectivity index (χ1n) is 7.31. The second-order valence-electron chi connectivity index (χ2n) is 5.47. The zero-order chi connectivity index (χ0) is 16.1. The van der Waals surface area contributed by atoms with E-state index < -0.39 is 11.2 Å². The molecule has 120 valence electrons. The van der Waals surface area contributed by atoms with Gasteiger partial charge in [-0.25, -0.2) is 0 Å². The molecule has 2 N–H and O–H groups in total. The van der Waals surface area contributed by atoms with Crippen molar-refractivity contribution in [3.63, 3.8) is 0 Å². The third-order valence-corrected chi connectivity index (χ3v) is 4.80. The summed E-state index contributed by atoms with van der Waals surface area (Å²) in [5.74, 6) is -0.577. The Bertz CT molecular complexity index is 545. The molecule has 0 aromatic heterocycles. The van der Waals surface area contributed by atoms with Crippen LogP contribution in [-0.2, 0) is 9.53 Å². The number of nitrogens with one attached hydrogen (secondary N) is 1. The Balaban J connectivity index is 2.09. The number of amides is 1. The van der Waals surface area contributed by atoms with Crippen molar-refractivity contribution in [2.24, 2.45) is 5.92 Å². The van der Waals surface area contributed by atoms with Crippen LogP contribution in [0.5, 0.6) is 0 Å². The monoisotopic (exact) mass is 323 g/mol. The van der Waals surface area contributed by atoms with Crippen molar-refractivity contribution in [2.75, 3.05) is 13.7 Å². The highest BCUT2D eigenvalue weighted by molar-refractivity contribution is 8.00. The van der Waals surface area contributed by atoms with Crippen molar-refractivity contribution in [1.82, 2.24) is 5.32 Å². The third-order valence-electron chi connectivity index (χ3n) is 3.64. The summed E-state index contributed by atoms with van der Waals surface area (Å²) in [6.07, 6.45) is 2.22. The molecular formula is C16H21NO4S. The van der Waals surface area contributed by atoms with Crippen LogP contribution in [0.4, 0.5) is 0 Å². The fourth-order valence-corrected chi connectivity index (χ4v) is 3.14. The number of hydrogen-bond donors (Lipinski definition) is 2. The van der Waals surface area contributed by atoms with Crippen LogP contribution in [0.2, 0.25) is 0 Å². The quantitative estimate of drug-likeness (QED) is 0.719. The molecular weight excluding hydrogens is 302 g/mol.